The minimum atomic E-state index is -5.40. The number of nitrogens with one attached hydrogen (secondary N) is 1. The van der Waals surface area contributed by atoms with Crippen LogP contribution in [0.3, 0.4) is 0 Å². The van der Waals surface area contributed by atoms with E-state index < -0.39 is 49.9 Å². The van der Waals surface area contributed by atoms with Crippen LogP contribution in [0.4, 0.5) is 32.0 Å². The first kappa shape index (κ1) is 30.0. The van der Waals surface area contributed by atoms with Gasteiger partial charge in [-0.05, 0) is 47.4 Å². The molecular weight excluding hydrogens is 602 g/mol. The van der Waals surface area contributed by atoms with Gasteiger partial charge in [0.15, 0.2) is 0 Å². The topological polar surface area (TPSA) is 75.7 Å². The van der Waals surface area contributed by atoms with E-state index in [1.54, 1.807) is 5.38 Å². The van der Waals surface area contributed by atoms with E-state index in [0.717, 1.165) is 35.6 Å². The Labute approximate surface area is 233 Å². The molecule has 2 aromatic carbocycles. The van der Waals surface area contributed by atoms with E-state index in [1.807, 2.05) is 0 Å². The summed E-state index contributed by atoms with van der Waals surface area (Å²) in [6.45, 7) is 0.908. The van der Waals surface area contributed by atoms with Gasteiger partial charge in [-0.1, -0.05) is 30.0 Å². The Hall–Kier alpha value is -3.01. The van der Waals surface area contributed by atoms with Crippen LogP contribution in [0, 0.1) is 0 Å². The molecule has 0 aliphatic carbocycles. The van der Waals surface area contributed by atoms with Crippen LogP contribution in [-0.2, 0) is 31.9 Å². The third-order valence-corrected chi connectivity index (χ3v) is 9.40. The fourth-order valence-electron chi connectivity index (χ4n) is 3.83. The van der Waals surface area contributed by atoms with E-state index in [9.17, 15) is 39.6 Å². The summed E-state index contributed by atoms with van der Waals surface area (Å²) in [6, 6.07) is 9.94. The molecule has 1 N–H and O–H groups in total. The van der Waals surface area contributed by atoms with Gasteiger partial charge in [0.05, 0.1) is 24.3 Å². The normalized spacial score (nSPS) is 15.0. The van der Waals surface area contributed by atoms with Gasteiger partial charge in [-0.3, -0.25) is 9.52 Å². The predicted molar refractivity (Wildman–Crippen MR) is 139 cm³/mol. The monoisotopic (exact) mass is 622 g/mol. The van der Waals surface area contributed by atoms with Gasteiger partial charge >= 0.3 is 12.4 Å². The molecule has 40 heavy (non-hydrogen) atoms. The first-order valence-electron chi connectivity index (χ1n) is 11.5. The quantitative estimate of drug-likeness (QED) is 0.237. The molecule has 1 aliphatic rings. The zero-order valence-corrected chi connectivity index (χ0v) is 22.7. The van der Waals surface area contributed by atoms with Crippen molar-refractivity contribution in [2.75, 3.05) is 31.0 Å². The molecule has 1 fully saturated rings. The fraction of sp³-hybridized carbons (Fsp3) is 0.240. The van der Waals surface area contributed by atoms with E-state index in [4.69, 9.17) is 4.74 Å². The van der Waals surface area contributed by atoms with E-state index in [1.165, 1.54) is 41.3 Å². The number of anilines is 1. The second-order valence-electron chi connectivity index (χ2n) is 8.34. The lowest BCUT2D eigenvalue weighted by molar-refractivity contribution is -0.163. The highest BCUT2D eigenvalue weighted by atomic mass is 32.2. The molecule has 0 radical (unpaired) electrons. The summed E-state index contributed by atoms with van der Waals surface area (Å²) in [5.41, 5.74) is -4.63. The number of thiophene rings is 1. The van der Waals surface area contributed by atoms with E-state index in [2.05, 4.69) is 4.72 Å². The first-order chi connectivity index (χ1) is 18.8. The number of ether oxygens (including phenoxy) is 1. The maximum Gasteiger partial charge on any atom is 0.418 e. The van der Waals surface area contributed by atoms with Gasteiger partial charge in [-0.2, -0.15) is 26.3 Å². The molecule has 1 saturated heterocycles. The molecule has 0 unspecified atom stereocenters. The van der Waals surface area contributed by atoms with Crippen molar-refractivity contribution in [3.05, 3.63) is 76.7 Å². The Morgan fingerprint density at radius 1 is 0.975 bits per heavy atom. The molecule has 1 aliphatic heterocycles. The van der Waals surface area contributed by atoms with Crippen molar-refractivity contribution in [1.29, 1.82) is 0 Å². The van der Waals surface area contributed by atoms with Crippen molar-refractivity contribution >= 4 is 50.8 Å². The largest absolute Gasteiger partial charge is 0.418 e. The van der Waals surface area contributed by atoms with Crippen molar-refractivity contribution < 1.29 is 44.3 Å². The van der Waals surface area contributed by atoms with Crippen molar-refractivity contribution in [1.82, 2.24) is 4.90 Å². The van der Waals surface area contributed by atoms with Crippen molar-refractivity contribution in [3.8, 4) is 0 Å². The molecule has 1 aromatic heterocycles. The van der Waals surface area contributed by atoms with Gasteiger partial charge in [0, 0.05) is 34.6 Å². The molecule has 0 spiro atoms. The number of hydrogen-bond donors (Lipinski definition) is 1. The molecule has 4 rings (SSSR count). The summed E-state index contributed by atoms with van der Waals surface area (Å²) >= 11 is 1.36. The number of carbonyl (C=O) groups excluding carboxylic acids is 1. The molecule has 0 bridgehead atoms. The zero-order valence-electron chi connectivity index (χ0n) is 20.3. The summed E-state index contributed by atoms with van der Waals surface area (Å²) in [5.74, 6) is -0.648. The Morgan fingerprint density at radius 2 is 1.68 bits per heavy atom. The molecule has 6 nitrogen and oxygen atoms in total. The van der Waals surface area contributed by atoms with E-state index in [0.29, 0.717) is 11.8 Å². The lowest BCUT2D eigenvalue weighted by atomic mass is 9.99. The average molecular weight is 623 g/mol. The highest BCUT2D eigenvalue weighted by Gasteiger charge is 2.46. The third kappa shape index (κ3) is 7.19. The lowest BCUT2D eigenvalue weighted by Gasteiger charge is -2.25. The molecule has 0 saturated carbocycles. The minimum absolute atomic E-state index is 0.00970. The van der Waals surface area contributed by atoms with Crippen LogP contribution in [-0.4, -0.2) is 45.5 Å². The van der Waals surface area contributed by atoms with Gasteiger partial charge in [-0.15, -0.1) is 11.3 Å². The third-order valence-electron chi connectivity index (χ3n) is 5.57. The van der Waals surface area contributed by atoms with E-state index >= 15 is 0 Å². The zero-order chi connectivity index (χ0) is 29.1. The van der Waals surface area contributed by atoms with Crippen LogP contribution in [0.2, 0.25) is 0 Å². The van der Waals surface area contributed by atoms with Crippen LogP contribution < -0.4 is 4.72 Å². The van der Waals surface area contributed by atoms with Crippen LogP contribution in [0.25, 0.3) is 6.08 Å². The summed E-state index contributed by atoms with van der Waals surface area (Å²) in [7, 11) is -3.96. The molecule has 2 heterocycles. The number of alkyl halides is 6. The van der Waals surface area contributed by atoms with Gasteiger partial charge in [-0.25, -0.2) is 8.42 Å². The predicted octanol–water partition coefficient (Wildman–Crippen LogP) is 6.61. The molecule has 0 atom stereocenters. The Kier molecular flexibility index (Phi) is 8.87. The minimum Gasteiger partial charge on any atom is -0.378 e. The van der Waals surface area contributed by atoms with Crippen LogP contribution >= 0.6 is 23.1 Å². The molecule has 1 amide bonds. The second-order valence-corrected chi connectivity index (χ2v) is 12.3. The smallest absolute Gasteiger partial charge is 0.378 e. The Morgan fingerprint density at radius 3 is 2.30 bits per heavy atom. The average Bonchev–Trinajstić information content (AvgIpc) is 3.43. The van der Waals surface area contributed by atoms with Gasteiger partial charge < -0.3 is 9.64 Å². The van der Waals surface area contributed by atoms with Crippen molar-refractivity contribution in [2.45, 2.75) is 26.4 Å². The first-order valence-corrected chi connectivity index (χ1v) is 14.6. The number of halogens is 6. The maximum atomic E-state index is 14.2. The Balaban J connectivity index is 1.69. The summed E-state index contributed by atoms with van der Waals surface area (Å²) in [4.78, 5) is 13.0. The highest BCUT2D eigenvalue weighted by Crippen LogP contribution is 2.48. The fourth-order valence-corrected chi connectivity index (χ4v) is 6.92. The number of rotatable bonds is 7. The summed E-state index contributed by atoms with van der Waals surface area (Å²) < 4.78 is 117. The molecule has 214 valence electrons. The number of benzene rings is 2. The highest BCUT2D eigenvalue weighted by molar-refractivity contribution is 7.99. The number of amides is 1. The summed E-state index contributed by atoms with van der Waals surface area (Å²) in [5, 5.41) is 1.55. The number of carbonyl (C=O) groups is 1. The number of nitrogens with zero attached hydrogens (tertiary/aromatic N) is 1. The summed E-state index contributed by atoms with van der Waals surface area (Å²) in [6.07, 6.45) is -9.26. The second kappa shape index (κ2) is 11.8. The number of sulfonamides is 1. The molecule has 15 heteroatoms. The van der Waals surface area contributed by atoms with Crippen LogP contribution in [0.1, 0.15) is 16.7 Å². The number of morpholine rings is 1. The number of hydrogen-bond acceptors (Lipinski definition) is 6. The van der Waals surface area contributed by atoms with E-state index in [-0.39, 0.29) is 41.1 Å². The van der Waals surface area contributed by atoms with Crippen molar-refractivity contribution in [3.63, 3.8) is 0 Å². The van der Waals surface area contributed by atoms with Gasteiger partial charge in [0.25, 0.3) is 10.0 Å². The van der Waals surface area contributed by atoms with Crippen molar-refractivity contribution in [2.24, 2.45) is 0 Å². The Bertz CT molecular complexity index is 1500. The lowest BCUT2D eigenvalue weighted by Crippen LogP contribution is -2.39. The SMILES string of the molecule is O=C(/C=C/c1ccc(Sc2cccc(NS(=O)(=O)c3cccs3)c2)c(C(F)(F)F)c1C(F)(F)F)N1CCOCC1. The maximum absolute atomic E-state index is 14.2. The van der Waals surface area contributed by atoms with Gasteiger partial charge in [0.1, 0.15) is 4.21 Å². The standard InChI is InChI=1S/C25H20F6N2O4S3/c26-24(27,28)22-16(7-9-20(34)33-10-12-37-13-11-33)6-8-19(23(22)25(29,30)31)39-18-4-1-3-17(15-18)32-40(35,36)21-5-2-14-38-21/h1-9,14-15,32H,10-13H2/b9-7+. The van der Waals surface area contributed by atoms with Crippen LogP contribution in [0.15, 0.2) is 74.0 Å². The molecule has 3 aromatic rings. The van der Waals surface area contributed by atoms with Crippen LogP contribution in [0.5, 0.6) is 0 Å². The molecular formula is C25H20F6N2O4S3. The van der Waals surface area contributed by atoms with Gasteiger partial charge in [0.2, 0.25) is 5.91 Å².